The fourth-order valence-electron chi connectivity index (χ4n) is 1.76. The van der Waals surface area contributed by atoms with Crippen molar-refractivity contribution >= 4 is 27.8 Å². The van der Waals surface area contributed by atoms with Crippen molar-refractivity contribution in [3.05, 3.63) is 27.4 Å². The normalized spacial score (nSPS) is 12.9. The molecular weight excluding hydrogens is 262 g/mol. The van der Waals surface area contributed by atoms with Gasteiger partial charge in [-0.05, 0) is 23.8 Å². The highest BCUT2D eigenvalue weighted by atomic mass is 32.1. The minimum Gasteiger partial charge on any atom is -0.352 e. The summed E-state index contributed by atoms with van der Waals surface area (Å²) in [5.74, 6) is 0.630. The Morgan fingerprint density at radius 1 is 1.33 bits per heavy atom. The molecule has 18 heavy (non-hydrogen) atoms. The maximum Gasteiger partial charge on any atom is 0.206 e. The van der Waals surface area contributed by atoms with E-state index in [1.807, 2.05) is 0 Å². The maximum absolute atomic E-state index is 4.23. The van der Waals surface area contributed by atoms with Crippen LogP contribution in [0.5, 0.6) is 0 Å². The van der Waals surface area contributed by atoms with Crippen LogP contribution >= 0.6 is 22.7 Å². The van der Waals surface area contributed by atoms with Gasteiger partial charge >= 0.3 is 0 Å². The first kappa shape index (κ1) is 13.5. The van der Waals surface area contributed by atoms with Gasteiger partial charge in [0.15, 0.2) is 0 Å². The predicted molar refractivity (Wildman–Crippen MR) is 79.4 cm³/mol. The van der Waals surface area contributed by atoms with Crippen molar-refractivity contribution in [1.82, 2.24) is 10.2 Å². The lowest BCUT2D eigenvalue weighted by molar-refractivity contribution is 0.639. The molecule has 0 bridgehead atoms. The van der Waals surface area contributed by atoms with E-state index in [9.17, 15) is 0 Å². The average molecular weight is 281 g/mol. The molecule has 1 unspecified atom stereocenters. The lowest BCUT2D eigenvalue weighted by Gasteiger charge is -2.13. The van der Waals surface area contributed by atoms with Gasteiger partial charge in [0.25, 0.3) is 0 Å². The van der Waals surface area contributed by atoms with Crippen LogP contribution in [0.2, 0.25) is 0 Å². The summed E-state index contributed by atoms with van der Waals surface area (Å²) < 4.78 is 0. The zero-order chi connectivity index (χ0) is 13.0. The van der Waals surface area contributed by atoms with E-state index in [1.165, 1.54) is 4.88 Å². The Balaban J connectivity index is 2.01. The minimum atomic E-state index is 0.352. The van der Waals surface area contributed by atoms with E-state index in [0.717, 1.165) is 23.0 Å². The summed E-state index contributed by atoms with van der Waals surface area (Å²) in [5, 5.41) is 16.1. The maximum atomic E-state index is 4.23. The topological polar surface area (TPSA) is 37.8 Å². The van der Waals surface area contributed by atoms with Crippen LogP contribution in [0.15, 0.2) is 17.5 Å². The number of hydrogen-bond donors (Lipinski definition) is 1. The second kappa shape index (κ2) is 6.29. The Morgan fingerprint density at radius 3 is 2.78 bits per heavy atom. The van der Waals surface area contributed by atoms with Crippen LogP contribution in [0.4, 0.5) is 5.13 Å². The highest BCUT2D eigenvalue weighted by Gasteiger charge is 2.13. The lowest BCUT2D eigenvalue weighted by atomic mass is 10.1. The molecule has 0 aliphatic carbocycles. The molecule has 0 amide bonds. The smallest absolute Gasteiger partial charge is 0.206 e. The standard InChI is InChI=1S/C13H19N3S2/c1-4-10(11-6-5-7-17-11)14-13-16-15-12(18-13)8-9(2)3/h5-7,9-10H,4,8H2,1-3H3,(H,14,16). The molecule has 0 radical (unpaired) electrons. The fraction of sp³-hybridized carbons (Fsp3) is 0.538. The summed E-state index contributed by atoms with van der Waals surface area (Å²) in [6.45, 7) is 6.59. The summed E-state index contributed by atoms with van der Waals surface area (Å²) in [6, 6.07) is 4.61. The molecule has 2 aromatic rings. The van der Waals surface area contributed by atoms with E-state index >= 15 is 0 Å². The highest BCUT2D eigenvalue weighted by molar-refractivity contribution is 7.15. The monoisotopic (exact) mass is 281 g/mol. The second-order valence-electron chi connectivity index (χ2n) is 4.72. The Hall–Kier alpha value is -0.940. The van der Waals surface area contributed by atoms with Crippen LogP contribution in [-0.4, -0.2) is 10.2 Å². The first-order valence-corrected chi connectivity index (χ1v) is 8.01. The molecule has 2 aromatic heterocycles. The summed E-state index contributed by atoms with van der Waals surface area (Å²) in [4.78, 5) is 1.36. The fourth-order valence-corrected chi connectivity index (χ4v) is 3.62. The van der Waals surface area contributed by atoms with Crippen LogP contribution in [-0.2, 0) is 6.42 Å². The Bertz CT molecular complexity index is 462. The molecule has 2 rings (SSSR count). The van der Waals surface area contributed by atoms with Crippen LogP contribution in [0, 0.1) is 5.92 Å². The predicted octanol–water partition coefficient (Wildman–Crippen LogP) is 4.36. The van der Waals surface area contributed by atoms with Crippen molar-refractivity contribution in [2.45, 2.75) is 39.7 Å². The number of rotatable bonds is 6. The highest BCUT2D eigenvalue weighted by Crippen LogP contribution is 2.28. The number of nitrogens with one attached hydrogen (secondary N) is 1. The minimum absolute atomic E-state index is 0.352. The molecule has 0 saturated carbocycles. The van der Waals surface area contributed by atoms with Gasteiger partial charge in [0.05, 0.1) is 6.04 Å². The van der Waals surface area contributed by atoms with Gasteiger partial charge < -0.3 is 5.32 Å². The third-order valence-corrected chi connectivity index (χ3v) is 4.51. The van der Waals surface area contributed by atoms with Gasteiger partial charge in [-0.15, -0.1) is 21.5 Å². The van der Waals surface area contributed by atoms with Crippen LogP contribution in [0.1, 0.15) is 43.1 Å². The SMILES string of the molecule is CCC(Nc1nnc(CC(C)C)s1)c1cccs1. The quantitative estimate of drug-likeness (QED) is 0.854. The molecule has 98 valence electrons. The van der Waals surface area contributed by atoms with E-state index in [0.29, 0.717) is 12.0 Å². The molecular formula is C13H19N3S2. The number of anilines is 1. The molecule has 2 heterocycles. The molecule has 1 N–H and O–H groups in total. The van der Waals surface area contributed by atoms with E-state index in [2.05, 4.69) is 53.8 Å². The second-order valence-corrected chi connectivity index (χ2v) is 6.76. The Morgan fingerprint density at radius 2 is 2.17 bits per heavy atom. The molecule has 5 heteroatoms. The molecule has 1 atom stereocenters. The van der Waals surface area contributed by atoms with Gasteiger partial charge in [-0.25, -0.2) is 0 Å². The third-order valence-electron chi connectivity index (χ3n) is 2.64. The number of thiophene rings is 1. The molecule has 0 aromatic carbocycles. The largest absolute Gasteiger partial charge is 0.352 e. The number of hydrogen-bond acceptors (Lipinski definition) is 5. The van der Waals surface area contributed by atoms with Gasteiger partial charge in [-0.1, -0.05) is 38.2 Å². The first-order valence-electron chi connectivity index (χ1n) is 6.31. The summed E-state index contributed by atoms with van der Waals surface area (Å²) in [5.41, 5.74) is 0. The molecule has 0 spiro atoms. The van der Waals surface area contributed by atoms with Crippen LogP contribution < -0.4 is 5.32 Å². The molecule has 0 saturated heterocycles. The lowest BCUT2D eigenvalue weighted by Crippen LogP contribution is -2.07. The van der Waals surface area contributed by atoms with Crippen molar-refractivity contribution in [2.75, 3.05) is 5.32 Å². The van der Waals surface area contributed by atoms with E-state index < -0.39 is 0 Å². The van der Waals surface area contributed by atoms with Crippen LogP contribution in [0.25, 0.3) is 0 Å². The number of nitrogens with zero attached hydrogens (tertiary/aromatic N) is 2. The van der Waals surface area contributed by atoms with E-state index in [1.54, 1.807) is 22.7 Å². The van der Waals surface area contributed by atoms with Crippen molar-refractivity contribution in [3.63, 3.8) is 0 Å². The Kier molecular flexibility index (Phi) is 4.72. The van der Waals surface area contributed by atoms with Crippen molar-refractivity contribution < 1.29 is 0 Å². The molecule has 3 nitrogen and oxygen atoms in total. The zero-order valence-electron chi connectivity index (χ0n) is 11.0. The zero-order valence-corrected chi connectivity index (χ0v) is 12.6. The van der Waals surface area contributed by atoms with Crippen LogP contribution in [0.3, 0.4) is 0 Å². The van der Waals surface area contributed by atoms with E-state index in [4.69, 9.17) is 0 Å². The summed E-state index contributed by atoms with van der Waals surface area (Å²) in [6.07, 6.45) is 2.06. The van der Waals surface area contributed by atoms with Gasteiger partial charge in [0.1, 0.15) is 5.01 Å². The molecule has 0 fully saturated rings. The summed E-state index contributed by atoms with van der Waals surface area (Å²) in [7, 11) is 0. The number of aromatic nitrogens is 2. The first-order chi connectivity index (χ1) is 8.69. The van der Waals surface area contributed by atoms with E-state index in [-0.39, 0.29) is 0 Å². The van der Waals surface area contributed by atoms with Crippen molar-refractivity contribution in [2.24, 2.45) is 5.92 Å². The van der Waals surface area contributed by atoms with Crippen molar-refractivity contribution in [3.8, 4) is 0 Å². The van der Waals surface area contributed by atoms with Gasteiger partial charge in [-0.3, -0.25) is 0 Å². The molecule has 0 aliphatic rings. The van der Waals surface area contributed by atoms with Gasteiger partial charge in [0, 0.05) is 11.3 Å². The van der Waals surface area contributed by atoms with Gasteiger partial charge in [0.2, 0.25) is 5.13 Å². The summed E-state index contributed by atoms with van der Waals surface area (Å²) >= 11 is 3.46. The van der Waals surface area contributed by atoms with Gasteiger partial charge in [-0.2, -0.15) is 0 Å². The average Bonchev–Trinajstić information content (AvgIpc) is 2.96. The van der Waals surface area contributed by atoms with Crippen molar-refractivity contribution in [1.29, 1.82) is 0 Å². The molecule has 0 aliphatic heterocycles. The third kappa shape index (κ3) is 3.53. The Labute approximate surface area is 116 Å².